The second kappa shape index (κ2) is 5.87. The van der Waals surface area contributed by atoms with Crippen LogP contribution in [-0.2, 0) is 17.6 Å². The fourth-order valence-corrected chi connectivity index (χ4v) is 3.93. The van der Waals surface area contributed by atoms with E-state index in [1.165, 1.54) is 4.57 Å². The van der Waals surface area contributed by atoms with Crippen molar-refractivity contribution in [2.75, 3.05) is 0 Å². The summed E-state index contributed by atoms with van der Waals surface area (Å²) in [7, 11) is 0. The highest BCUT2D eigenvalue weighted by molar-refractivity contribution is 7.12. The van der Waals surface area contributed by atoms with Gasteiger partial charge >= 0.3 is 6.18 Å². The van der Waals surface area contributed by atoms with E-state index in [9.17, 15) is 13.2 Å². The molecule has 4 rings (SSSR count). The minimum absolute atomic E-state index is 0.0484. The number of nitrogens with zero attached hydrogens (tertiary/aromatic N) is 3. The van der Waals surface area contributed by atoms with Crippen LogP contribution in [0.15, 0.2) is 40.9 Å². The zero-order valence-corrected chi connectivity index (χ0v) is 14.1. The first-order chi connectivity index (χ1) is 11.9. The average molecular weight is 365 g/mol. The fraction of sp³-hybridized carbons (Fsp3) is 0.294. The highest BCUT2D eigenvalue weighted by Gasteiger charge is 2.38. The summed E-state index contributed by atoms with van der Waals surface area (Å²) in [6, 6.07) is 8.58. The van der Waals surface area contributed by atoms with Gasteiger partial charge in [0.05, 0.1) is 22.5 Å². The van der Waals surface area contributed by atoms with E-state index in [1.54, 1.807) is 35.6 Å². The van der Waals surface area contributed by atoms with Gasteiger partial charge in [-0.2, -0.15) is 13.2 Å². The number of halogens is 3. The van der Waals surface area contributed by atoms with E-state index in [1.807, 2.05) is 18.4 Å². The lowest BCUT2D eigenvalue weighted by atomic mass is 10.1. The Morgan fingerprint density at radius 2 is 2.08 bits per heavy atom. The molecule has 1 aliphatic heterocycles. The molecule has 0 saturated carbocycles. The summed E-state index contributed by atoms with van der Waals surface area (Å²) in [5.74, 6) is -0.905. The van der Waals surface area contributed by atoms with Gasteiger partial charge in [0.1, 0.15) is 5.71 Å². The number of oxime groups is 1. The molecule has 0 spiro atoms. The third-order valence-corrected chi connectivity index (χ3v) is 5.22. The molecule has 0 bridgehead atoms. The number of hydrogen-bond donors (Lipinski definition) is 0. The summed E-state index contributed by atoms with van der Waals surface area (Å²) in [6.45, 7) is 2.03. The smallest absolute Gasteiger partial charge is 0.390 e. The lowest BCUT2D eigenvalue weighted by molar-refractivity contribution is -0.147. The first kappa shape index (κ1) is 16.1. The minimum Gasteiger partial charge on any atom is -0.390 e. The number of imidazole rings is 1. The van der Waals surface area contributed by atoms with Crippen LogP contribution in [0.25, 0.3) is 11.0 Å². The topological polar surface area (TPSA) is 39.4 Å². The molecular formula is C17H14F3N3OS. The van der Waals surface area contributed by atoms with Gasteiger partial charge in [-0.25, -0.2) is 4.98 Å². The number of aromatic nitrogens is 2. The molecule has 1 unspecified atom stereocenters. The van der Waals surface area contributed by atoms with Crippen LogP contribution in [0.4, 0.5) is 13.2 Å². The maximum Gasteiger partial charge on any atom is 0.449 e. The predicted molar refractivity (Wildman–Crippen MR) is 89.8 cm³/mol. The van der Waals surface area contributed by atoms with Gasteiger partial charge in [-0.3, -0.25) is 0 Å². The average Bonchev–Trinajstić information content (AvgIpc) is 3.26. The van der Waals surface area contributed by atoms with Crippen molar-refractivity contribution in [3.63, 3.8) is 0 Å². The maximum atomic E-state index is 13.4. The number of rotatable bonds is 3. The largest absolute Gasteiger partial charge is 0.449 e. The van der Waals surface area contributed by atoms with Crippen molar-refractivity contribution in [1.29, 1.82) is 0 Å². The maximum absolute atomic E-state index is 13.4. The summed E-state index contributed by atoms with van der Waals surface area (Å²) in [4.78, 5) is 10.2. The predicted octanol–water partition coefficient (Wildman–Crippen LogP) is 4.62. The lowest BCUT2D eigenvalue weighted by Gasteiger charge is -2.14. The molecule has 1 aromatic carbocycles. The van der Waals surface area contributed by atoms with Gasteiger partial charge in [0, 0.05) is 6.42 Å². The van der Waals surface area contributed by atoms with E-state index in [0.717, 1.165) is 16.2 Å². The number of benzene rings is 1. The van der Waals surface area contributed by atoms with E-state index in [2.05, 4.69) is 10.1 Å². The SMILES string of the molecule is Cc1ccsc1C1=NOC(Cn2c(C(F)(F)F)nc3ccccc32)C1. The van der Waals surface area contributed by atoms with Crippen LogP contribution in [0.3, 0.4) is 0 Å². The Balaban J connectivity index is 1.63. The molecular weight excluding hydrogens is 351 g/mol. The van der Waals surface area contributed by atoms with Gasteiger partial charge in [-0.15, -0.1) is 11.3 Å². The van der Waals surface area contributed by atoms with Gasteiger partial charge < -0.3 is 9.40 Å². The van der Waals surface area contributed by atoms with Crippen molar-refractivity contribution < 1.29 is 18.0 Å². The summed E-state index contributed by atoms with van der Waals surface area (Å²) < 4.78 is 41.3. The van der Waals surface area contributed by atoms with Crippen molar-refractivity contribution in [2.45, 2.75) is 32.2 Å². The second-order valence-electron chi connectivity index (χ2n) is 5.93. The Labute approximate surface area is 145 Å². The molecule has 1 aliphatic rings. The molecule has 8 heteroatoms. The molecule has 1 atom stereocenters. The van der Waals surface area contributed by atoms with E-state index in [0.29, 0.717) is 17.5 Å². The van der Waals surface area contributed by atoms with Gasteiger partial charge in [0.25, 0.3) is 0 Å². The molecule has 3 aromatic rings. The third kappa shape index (κ3) is 2.90. The van der Waals surface area contributed by atoms with Crippen molar-refractivity contribution in [1.82, 2.24) is 9.55 Å². The molecule has 0 saturated heterocycles. The lowest BCUT2D eigenvalue weighted by Crippen LogP contribution is -2.22. The van der Waals surface area contributed by atoms with Gasteiger partial charge in [0.15, 0.2) is 6.10 Å². The first-order valence-electron chi connectivity index (χ1n) is 7.73. The molecule has 0 radical (unpaired) electrons. The molecule has 0 fully saturated rings. The van der Waals surface area contributed by atoms with Gasteiger partial charge in [-0.1, -0.05) is 17.3 Å². The number of alkyl halides is 3. The third-order valence-electron chi connectivity index (χ3n) is 4.15. The van der Waals surface area contributed by atoms with E-state index in [-0.39, 0.29) is 6.54 Å². The Morgan fingerprint density at radius 1 is 1.28 bits per heavy atom. The highest BCUT2D eigenvalue weighted by atomic mass is 32.1. The zero-order valence-electron chi connectivity index (χ0n) is 13.2. The molecule has 0 aliphatic carbocycles. The number of hydrogen-bond acceptors (Lipinski definition) is 4. The number of fused-ring (bicyclic) bond motifs is 1. The summed E-state index contributed by atoms with van der Waals surface area (Å²) in [6.07, 6.45) is -4.49. The quantitative estimate of drug-likeness (QED) is 0.679. The summed E-state index contributed by atoms with van der Waals surface area (Å²) >= 11 is 1.56. The van der Waals surface area contributed by atoms with Crippen molar-refractivity contribution in [3.05, 3.63) is 52.0 Å². The van der Waals surface area contributed by atoms with Crippen molar-refractivity contribution >= 4 is 28.1 Å². The van der Waals surface area contributed by atoms with Crippen LogP contribution < -0.4 is 0 Å². The van der Waals surface area contributed by atoms with Crippen molar-refractivity contribution in [3.8, 4) is 0 Å². The normalized spacial score (nSPS) is 17.8. The van der Waals surface area contributed by atoms with Crippen LogP contribution in [0.5, 0.6) is 0 Å². The Bertz CT molecular complexity index is 958. The molecule has 2 aromatic heterocycles. The zero-order chi connectivity index (χ0) is 17.6. The van der Waals surface area contributed by atoms with Gasteiger partial charge in [-0.05, 0) is 36.1 Å². The van der Waals surface area contributed by atoms with Crippen LogP contribution in [0.1, 0.15) is 22.7 Å². The molecule has 0 N–H and O–H groups in total. The monoisotopic (exact) mass is 365 g/mol. The van der Waals surface area contributed by atoms with Crippen LogP contribution >= 0.6 is 11.3 Å². The summed E-state index contributed by atoms with van der Waals surface area (Å²) in [5.41, 5.74) is 2.65. The van der Waals surface area contributed by atoms with Crippen LogP contribution in [0, 0.1) is 6.92 Å². The second-order valence-corrected chi connectivity index (χ2v) is 6.85. The van der Waals surface area contributed by atoms with Crippen molar-refractivity contribution in [2.24, 2.45) is 5.16 Å². The molecule has 130 valence electrons. The van der Waals surface area contributed by atoms with E-state index < -0.39 is 18.1 Å². The minimum atomic E-state index is -4.52. The molecule has 3 heterocycles. The van der Waals surface area contributed by atoms with Crippen LogP contribution in [-0.4, -0.2) is 21.4 Å². The Hall–Kier alpha value is -2.35. The summed E-state index contributed by atoms with van der Waals surface area (Å²) in [5, 5.41) is 6.05. The van der Waals surface area contributed by atoms with Gasteiger partial charge in [0.2, 0.25) is 5.82 Å². The molecule has 25 heavy (non-hydrogen) atoms. The van der Waals surface area contributed by atoms with E-state index in [4.69, 9.17) is 4.84 Å². The Kier molecular flexibility index (Phi) is 3.79. The number of thiophene rings is 1. The number of aryl methyl sites for hydroxylation is 1. The highest BCUT2D eigenvalue weighted by Crippen LogP contribution is 2.33. The van der Waals surface area contributed by atoms with Crippen LogP contribution in [0.2, 0.25) is 0 Å². The standard InChI is InChI=1S/C17H14F3N3OS/c1-10-6-7-25-15(10)13-8-11(24-22-13)9-23-14-5-3-2-4-12(14)21-16(23)17(18,19)20/h2-7,11H,8-9H2,1H3. The fourth-order valence-electron chi connectivity index (χ4n) is 3.01. The molecule has 4 nitrogen and oxygen atoms in total. The first-order valence-corrected chi connectivity index (χ1v) is 8.61. The Morgan fingerprint density at radius 3 is 2.80 bits per heavy atom. The number of para-hydroxylation sites is 2. The molecule has 0 amide bonds. The van der Waals surface area contributed by atoms with E-state index >= 15 is 0 Å².